The van der Waals surface area contributed by atoms with Crippen LogP contribution in [-0.4, -0.2) is 27.4 Å². The van der Waals surface area contributed by atoms with E-state index in [1.165, 1.54) is 22.2 Å². The number of carbonyl (C=O) groups is 1. The molecular formula is C17H16ClN3O2S. The first-order valence-electron chi connectivity index (χ1n) is 7.45. The van der Waals surface area contributed by atoms with Crippen LogP contribution in [0.3, 0.4) is 0 Å². The maximum absolute atomic E-state index is 12.3. The number of benzene rings is 1. The minimum atomic E-state index is -0.105. The average molecular weight is 362 g/mol. The summed E-state index contributed by atoms with van der Waals surface area (Å²) in [5.74, 6) is -0.0349. The van der Waals surface area contributed by atoms with Gasteiger partial charge in [0.05, 0.1) is 11.7 Å². The van der Waals surface area contributed by atoms with Crippen molar-refractivity contribution in [2.24, 2.45) is 0 Å². The molecule has 0 spiro atoms. The molecule has 1 aromatic carbocycles. The fraction of sp³-hybridized carbons (Fsp3) is 0.235. The highest BCUT2D eigenvalue weighted by Gasteiger charge is 2.11. The number of thiophene rings is 1. The van der Waals surface area contributed by atoms with Crippen molar-refractivity contribution in [2.75, 3.05) is 7.05 Å². The fourth-order valence-corrected chi connectivity index (χ4v) is 3.39. The molecule has 24 heavy (non-hydrogen) atoms. The van der Waals surface area contributed by atoms with Gasteiger partial charge < -0.3 is 4.90 Å². The van der Waals surface area contributed by atoms with Crippen molar-refractivity contribution in [3.63, 3.8) is 0 Å². The van der Waals surface area contributed by atoms with Crippen LogP contribution in [0.15, 0.2) is 46.8 Å². The Balaban J connectivity index is 1.63. The average Bonchev–Trinajstić information content (AvgIpc) is 3.03. The van der Waals surface area contributed by atoms with Gasteiger partial charge in [0.2, 0.25) is 5.91 Å². The summed E-state index contributed by atoms with van der Waals surface area (Å²) < 4.78 is 1.49. The van der Waals surface area contributed by atoms with E-state index >= 15 is 0 Å². The zero-order valence-corrected chi connectivity index (χ0v) is 14.7. The molecule has 0 saturated heterocycles. The number of hydrogen-bond acceptors (Lipinski definition) is 4. The molecule has 0 aliphatic rings. The van der Waals surface area contributed by atoms with E-state index < -0.39 is 0 Å². The van der Waals surface area contributed by atoms with Crippen LogP contribution in [-0.2, 0) is 17.9 Å². The van der Waals surface area contributed by atoms with Crippen LogP contribution >= 0.6 is 22.9 Å². The van der Waals surface area contributed by atoms with Crippen LogP contribution in [0.2, 0.25) is 5.02 Å². The van der Waals surface area contributed by atoms with Gasteiger partial charge in [-0.15, -0.1) is 11.3 Å². The Labute approximate surface area is 148 Å². The van der Waals surface area contributed by atoms with Crippen molar-refractivity contribution in [3.8, 4) is 0 Å². The lowest BCUT2D eigenvalue weighted by molar-refractivity contribution is -0.130. The molecule has 0 fully saturated rings. The van der Waals surface area contributed by atoms with Crippen LogP contribution in [0, 0.1) is 0 Å². The minimum absolute atomic E-state index is 0.0349. The fourth-order valence-electron chi connectivity index (χ4n) is 2.46. The Kier molecular flexibility index (Phi) is 4.97. The molecule has 0 atom stereocenters. The molecule has 0 N–H and O–H groups in total. The number of aromatic nitrogens is 2. The highest BCUT2D eigenvalue weighted by molar-refractivity contribution is 7.16. The number of halogens is 1. The maximum Gasteiger partial charge on any atom is 0.262 e. The number of aryl methyl sites for hydroxylation is 1. The molecule has 0 bridgehead atoms. The summed E-state index contributed by atoms with van der Waals surface area (Å²) in [4.78, 5) is 31.2. The molecular weight excluding hydrogens is 346 g/mol. The standard InChI is InChI=1S/C17H16ClN3O2S/c1-20(10-12-3-2-4-13(18)9-12)15(22)5-7-21-11-19-16-14(17(21)23)6-8-24-16/h2-4,6,8-9,11H,5,7,10H2,1H3. The van der Waals surface area contributed by atoms with Crippen LogP contribution in [0.25, 0.3) is 10.2 Å². The molecule has 2 heterocycles. The van der Waals surface area contributed by atoms with Crippen LogP contribution in [0.4, 0.5) is 0 Å². The zero-order valence-electron chi connectivity index (χ0n) is 13.1. The molecule has 0 radical (unpaired) electrons. The monoisotopic (exact) mass is 361 g/mol. The van der Waals surface area contributed by atoms with E-state index in [0.717, 1.165) is 10.4 Å². The molecule has 5 nitrogen and oxygen atoms in total. The predicted molar refractivity (Wildman–Crippen MR) is 96.4 cm³/mol. The van der Waals surface area contributed by atoms with E-state index in [4.69, 9.17) is 11.6 Å². The second-order valence-electron chi connectivity index (χ2n) is 5.51. The second kappa shape index (κ2) is 7.15. The van der Waals surface area contributed by atoms with Crippen LogP contribution in [0.5, 0.6) is 0 Å². The Morgan fingerprint density at radius 1 is 1.38 bits per heavy atom. The third kappa shape index (κ3) is 3.66. The van der Waals surface area contributed by atoms with Gasteiger partial charge in [-0.1, -0.05) is 23.7 Å². The Morgan fingerprint density at radius 2 is 2.21 bits per heavy atom. The van der Waals surface area contributed by atoms with E-state index in [1.807, 2.05) is 23.6 Å². The van der Waals surface area contributed by atoms with Crippen molar-refractivity contribution < 1.29 is 4.79 Å². The van der Waals surface area contributed by atoms with Gasteiger partial charge in [-0.2, -0.15) is 0 Å². The number of hydrogen-bond donors (Lipinski definition) is 0. The molecule has 1 amide bonds. The SMILES string of the molecule is CN(Cc1cccc(Cl)c1)C(=O)CCn1cnc2sccc2c1=O. The number of amides is 1. The molecule has 0 saturated carbocycles. The highest BCUT2D eigenvalue weighted by atomic mass is 35.5. The lowest BCUT2D eigenvalue weighted by atomic mass is 10.2. The largest absolute Gasteiger partial charge is 0.341 e. The minimum Gasteiger partial charge on any atom is -0.341 e. The van der Waals surface area contributed by atoms with Gasteiger partial charge in [0.15, 0.2) is 0 Å². The van der Waals surface area contributed by atoms with Gasteiger partial charge in [0.25, 0.3) is 5.56 Å². The topological polar surface area (TPSA) is 55.2 Å². The van der Waals surface area contributed by atoms with E-state index in [1.54, 1.807) is 24.1 Å². The van der Waals surface area contributed by atoms with Gasteiger partial charge in [-0.3, -0.25) is 14.2 Å². The molecule has 124 valence electrons. The van der Waals surface area contributed by atoms with E-state index in [2.05, 4.69) is 4.98 Å². The van der Waals surface area contributed by atoms with Crippen molar-refractivity contribution >= 4 is 39.1 Å². The summed E-state index contributed by atoms with van der Waals surface area (Å²) in [6, 6.07) is 9.18. The molecule has 0 unspecified atom stereocenters. The summed E-state index contributed by atoms with van der Waals surface area (Å²) in [5.41, 5.74) is 0.864. The quantitative estimate of drug-likeness (QED) is 0.701. The van der Waals surface area contributed by atoms with Crippen LogP contribution in [0.1, 0.15) is 12.0 Å². The number of nitrogens with zero attached hydrogens (tertiary/aromatic N) is 3. The van der Waals surface area contributed by atoms with Gasteiger partial charge in [-0.05, 0) is 29.1 Å². The Morgan fingerprint density at radius 3 is 3.00 bits per heavy atom. The summed E-state index contributed by atoms with van der Waals surface area (Å²) >= 11 is 7.39. The highest BCUT2D eigenvalue weighted by Crippen LogP contribution is 2.14. The Hall–Kier alpha value is -2.18. The second-order valence-corrected chi connectivity index (χ2v) is 6.84. The predicted octanol–water partition coefficient (Wildman–Crippen LogP) is 3.16. The van der Waals surface area contributed by atoms with Crippen molar-refractivity contribution in [1.29, 1.82) is 0 Å². The lowest BCUT2D eigenvalue weighted by Gasteiger charge is -2.17. The van der Waals surface area contributed by atoms with E-state index in [0.29, 0.717) is 23.5 Å². The van der Waals surface area contributed by atoms with Crippen molar-refractivity contribution in [2.45, 2.75) is 19.5 Å². The van der Waals surface area contributed by atoms with Gasteiger partial charge in [0.1, 0.15) is 4.83 Å². The molecule has 3 aromatic rings. The third-order valence-corrected chi connectivity index (χ3v) is 4.81. The van der Waals surface area contributed by atoms with E-state index in [-0.39, 0.29) is 17.9 Å². The Bertz CT molecular complexity index is 935. The molecule has 2 aromatic heterocycles. The summed E-state index contributed by atoms with van der Waals surface area (Å²) in [5, 5.41) is 3.09. The lowest BCUT2D eigenvalue weighted by Crippen LogP contribution is -2.29. The van der Waals surface area contributed by atoms with Gasteiger partial charge in [0, 0.05) is 31.6 Å². The van der Waals surface area contributed by atoms with E-state index in [9.17, 15) is 9.59 Å². The number of rotatable bonds is 5. The summed E-state index contributed by atoms with van der Waals surface area (Å²) in [6.45, 7) is 0.798. The number of fused-ring (bicyclic) bond motifs is 1. The zero-order chi connectivity index (χ0) is 17.1. The molecule has 3 rings (SSSR count). The summed E-state index contributed by atoms with van der Waals surface area (Å²) in [7, 11) is 1.74. The summed E-state index contributed by atoms with van der Waals surface area (Å²) in [6.07, 6.45) is 1.75. The van der Waals surface area contributed by atoms with Gasteiger partial charge >= 0.3 is 0 Å². The molecule has 0 aliphatic heterocycles. The molecule has 7 heteroatoms. The normalized spacial score (nSPS) is 10.9. The first-order chi connectivity index (χ1) is 11.5. The maximum atomic E-state index is 12.3. The first-order valence-corrected chi connectivity index (χ1v) is 8.71. The number of carbonyl (C=O) groups excluding carboxylic acids is 1. The van der Waals surface area contributed by atoms with Crippen LogP contribution < -0.4 is 5.56 Å². The smallest absolute Gasteiger partial charge is 0.262 e. The molecule has 0 aliphatic carbocycles. The van der Waals surface area contributed by atoms with Crippen molar-refractivity contribution in [1.82, 2.24) is 14.5 Å². The third-order valence-electron chi connectivity index (χ3n) is 3.75. The van der Waals surface area contributed by atoms with Crippen molar-refractivity contribution in [3.05, 3.63) is 63.0 Å². The first kappa shape index (κ1) is 16.7. The van der Waals surface area contributed by atoms with Gasteiger partial charge in [-0.25, -0.2) is 4.98 Å².